The average Bonchev–Trinajstić information content (AvgIpc) is 2.94. The molecule has 0 bridgehead atoms. The molecule has 15 heteroatoms. The number of carbonyl (C=O) groups is 2. The molecule has 1 fully saturated rings. The zero-order valence-corrected chi connectivity index (χ0v) is 22.4. The van der Waals surface area contributed by atoms with Crippen molar-refractivity contribution in [2.75, 3.05) is 35.6 Å². The Bertz CT molecular complexity index is 1530. The molecule has 0 radical (unpaired) electrons. The second-order valence-corrected chi connectivity index (χ2v) is 12.2. The van der Waals surface area contributed by atoms with Gasteiger partial charge in [0.1, 0.15) is 0 Å². The van der Waals surface area contributed by atoms with Crippen LogP contribution in [-0.4, -0.2) is 63.3 Å². The topological polar surface area (TPSA) is 177 Å². The molecular formula is C24H26N6O7S2. The fourth-order valence-corrected chi connectivity index (χ4v) is 6.38. The number of nitrogens with one attached hydrogen (secondary N) is 3. The van der Waals surface area contributed by atoms with Crippen LogP contribution in [0.3, 0.4) is 0 Å². The van der Waals surface area contributed by atoms with Crippen LogP contribution in [0.5, 0.6) is 0 Å². The van der Waals surface area contributed by atoms with Crippen molar-refractivity contribution < 1.29 is 31.2 Å². The molecule has 1 aromatic heterocycles. The van der Waals surface area contributed by atoms with Crippen LogP contribution < -0.4 is 15.4 Å². The zero-order valence-electron chi connectivity index (χ0n) is 20.8. The molecule has 4 rings (SSSR count). The predicted molar refractivity (Wildman–Crippen MR) is 142 cm³/mol. The van der Waals surface area contributed by atoms with E-state index in [9.17, 15) is 26.4 Å². The Hall–Kier alpha value is -4.08. The summed E-state index contributed by atoms with van der Waals surface area (Å²) < 4.78 is 59.5. The minimum Gasteiger partial charge on any atom is -0.453 e. The van der Waals surface area contributed by atoms with Crippen LogP contribution in [0.1, 0.15) is 12.8 Å². The van der Waals surface area contributed by atoms with Gasteiger partial charge in [-0.3, -0.25) is 10.1 Å². The van der Waals surface area contributed by atoms with Gasteiger partial charge in [-0.1, -0.05) is 0 Å². The minimum atomic E-state index is -3.93. The standard InChI is InChI=1S/C24H26N6O7S2/c1-37-24(32)28-19-7-11-21(12-8-19)39(35,36)30-15-2-4-17(16-30)22(31)27-18-5-9-20(10-6-18)38(33,34)29-23-25-13-3-14-26-23/h3,5-14,17H,2,4,15-16H2,1H3,(H,27,31)(H,28,32)(H,25,26,29). The quantitative estimate of drug-likeness (QED) is 0.365. The second kappa shape index (κ2) is 11.8. The molecular weight excluding hydrogens is 548 g/mol. The molecule has 1 atom stereocenters. The van der Waals surface area contributed by atoms with Gasteiger partial charge < -0.3 is 10.1 Å². The molecule has 2 amide bonds. The number of carbonyl (C=O) groups excluding carboxylic acids is 2. The van der Waals surface area contributed by atoms with Gasteiger partial charge in [-0.2, -0.15) is 4.31 Å². The Morgan fingerprint density at radius 2 is 1.49 bits per heavy atom. The Kier molecular flexibility index (Phi) is 8.42. The number of nitrogens with zero attached hydrogens (tertiary/aromatic N) is 3. The van der Waals surface area contributed by atoms with Crippen molar-refractivity contribution in [3.63, 3.8) is 0 Å². The fraction of sp³-hybridized carbons (Fsp3) is 0.250. The first kappa shape index (κ1) is 27.9. The normalized spacial score (nSPS) is 16.2. The van der Waals surface area contributed by atoms with E-state index in [0.717, 1.165) is 0 Å². The highest BCUT2D eigenvalue weighted by atomic mass is 32.2. The Morgan fingerprint density at radius 1 is 0.897 bits per heavy atom. The van der Waals surface area contributed by atoms with E-state index < -0.39 is 32.1 Å². The summed E-state index contributed by atoms with van der Waals surface area (Å²) in [4.78, 5) is 31.9. The Labute approximate surface area is 225 Å². The summed E-state index contributed by atoms with van der Waals surface area (Å²) in [6.07, 6.45) is 3.12. The van der Waals surface area contributed by atoms with Crippen LogP contribution in [0.2, 0.25) is 0 Å². The number of anilines is 3. The molecule has 3 N–H and O–H groups in total. The lowest BCUT2D eigenvalue weighted by molar-refractivity contribution is -0.120. The monoisotopic (exact) mass is 574 g/mol. The van der Waals surface area contributed by atoms with Gasteiger partial charge in [0.2, 0.25) is 21.9 Å². The summed E-state index contributed by atoms with van der Waals surface area (Å²) in [6.45, 7) is 0.253. The zero-order chi connectivity index (χ0) is 28.0. The number of ether oxygens (including phenoxy) is 1. The maximum atomic E-state index is 13.2. The maximum Gasteiger partial charge on any atom is 0.411 e. The number of sulfonamides is 2. The van der Waals surface area contributed by atoms with Crippen LogP contribution >= 0.6 is 0 Å². The third-order valence-corrected chi connectivity index (χ3v) is 9.13. The lowest BCUT2D eigenvalue weighted by Gasteiger charge is -2.31. The number of aromatic nitrogens is 2. The average molecular weight is 575 g/mol. The summed E-state index contributed by atoms with van der Waals surface area (Å²) in [5, 5.41) is 5.18. The summed E-state index contributed by atoms with van der Waals surface area (Å²) in [5.41, 5.74) is 0.739. The van der Waals surface area contributed by atoms with E-state index in [1.54, 1.807) is 6.07 Å². The van der Waals surface area contributed by atoms with Crippen molar-refractivity contribution in [3.05, 3.63) is 67.0 Å². The van der Waals surface area contributed by atoms with Gasteiger partial charge in [0.15, 0.2) is 0 Å². The lowest BCUT2D eigenvalue weighted by atomic mass is 9.99. The largest absolute Gasteiger partial charge is 0.453 e. The molecule has 1 saturated heterocycles. The number of methoxy groups -OCH3 is 1. The van der Waals surface area contributed by atoms with Crippen LogP contribution in [0, 0.1) is 5.92 Å². The molecule has 0 aliphatic carbocycles. The van der Waals surface area contributed by atoms with E-state index in [1.807, 2.05) is 0 Å². The van der Waals surface area contributed by atoms with E-state index in [1.165, 1.54) is 72.3 Å². The summed E-state index contributed by atoms with van der Waals surface area (Å²) >= 11 is 0. The van der Waals surface area contributed by atoms with Gasteiger partial charge in [0.05, 0.1) is 22.8 Å². The van der Waals surface area contributed by atoms with Crippen molar-refractivity contribution in [2.45, 2.75) is 22.6 Å². The van der Waals surface area contributed by atoms with E-state index in [-0.39, 0.29) is 34.7 Å². The first-order valence-corrected chi connectivity index (χ1v) is 14.7. The highest BCUT2D eigenvalue weighted by Gasteiger charge is 2.33. The number of hydrogen-bond donors (Lipinski definition) is 3. The van der Waals surface area contributed by atoms with E-state index in [0.29, 0.717) is 24.2 Å². The summed E-state index contributed by atoms with van der Waals surface area (Å²) in [7, 11) is -6.58. The summed E-state index contributed by atoms with van der Waals surface area (Å²) in [5.74, 6) is -1.05. The Morgan fingerprint density at radius 3 is 2.10 bits per heavy atom. The molecule has 13 nitrogen and oxygen atoms in total. The van der Waals surface area contributed by atoms with Gasteiger partial charge in [-0.25, -0.2) is 36.3 Å². The smallest absolute Gasteiger partial charge is 0.411 e. The Balaban J connectivity index is 1.38. The van der Waals surface area contributed by atoms with Crippen molar-refractivity contribution in [3.8, 4) is 0 Å². The molecule has 2 heterocycles. The van der Waals surface area contributed by atoms with Crippen molar-refractivity contribution in [1.82, 2.24) is 14.3 Å². The lowest BCUT2D eigenvalue weighted by Crippen LogP contribution is -2.43. The SMILES string of the molecule is COC(=O)Nc1ccc(S(=O)(=O)N2CCCC(C(=O)Nc3ccc(S(=O)(=O)Nc4ncccn4)cc3)C2)cc1. The van der Waals surface area contributed by atoms with Crippen molar-refractivity contribution in [1.29, 1.82) is 0 Å². The number of piperidine rings is 1. The molecule has 3 aromatic rings. The molecule has 206 valence electrons. The highest BCUT2D eigenvalue weighted by Crippen LogP contribution is 2.26. The van der Waals surface area contributed by atoms with E-state index in [2.05, 4.69) is 30.1 Å². The molecule has 39 heavy (non-hydrogen) atoms. The van der Waals surface area contributed by atoms with Crippen LogP contribution in [0.25, 0.3) is 0 Å². The second-order valence-electron chi connectivity index (χ2n) is 8.53. The predicted octanol–water partition coefficient (Wildman–Crippen LogP) is 2.50. The fourth-order valence-electron chi connectivity index (χ4n) is 3.90. The summed E-state index contributed by atoms with van der Waals surface area (Å²) in [6, 6.07) is 12.7. The van der Waals surface area contributed by atoms with Crippen LogP contribution in [0.15, 0.2) is 76.8 Å². The highest BCUT2D eigenvalue weighted by molar-refractivity contribution is 7.92. The third kappa shape index (κ3) is 6.87. The number of amides is 2. The molecule has 0 spiro atoms. The maximum absolute atomic E-state index is 13.2. The van der Waals surface area contributed by atoms with E-state index >= 15 is 0 Å². The molecule has 1 aliphatic heterocycles. The van der Waals surface area contributed by atoms with Crippen molar-refractivity contribution >= 4 is 49.4 Å². The van der Waals surface area contributed by atoms with Gasteiger partial charge in [0, 0.05) is 36.9 Å². The third-order valence-electron chi connectivity index (χ3n) is 5.90. The molecule has 1 aliphatic rings. The molecule has 1 unspecified atom stereocenters. The number of benzene rings is 2. The minimum absolute atomic E-state index is 0.0101. The van der Waals surface area contributed by atoms with E-state index in [4.69, 9.17) is 0 Å². The molecule has 2 aromatic carbocycles. The molecule has 0 saturated carbocycles. The number of rotatable bonds is 8. The van der Waals surface area contributed by atoms with Crippen molar-refractivity contribution in [2.24, 2.45) is 5.92 Å². The van der Waals surface area contributed by atoms with Crippen LogP contribution in [-0.2, 0) is 29.6 Å². The van der Waals surface area contributed by atoms with Gasteiger partial charge >= 0.3 is 6.09 Å². The van der Waals surface area contributed by atoms with Gasteiger partial charge in [-0.05, 0) is 67.4 Å². The van der Waals surface area contributed by atoms with Gasteiger partial charge in [-0.15, -0.1) is 0 Å². The number of hydrogen-bond acceptors (Lipinski definition) is 9. The van der Waals surface area contributed by atoms with Crippen LogP contribution in [0.4, 0.5) is 22.1 Å². The first-order valence-electron chi connectivity index (χ1n) is 11.7. The first-order chi connectivity index (χ1) is 18.6. The van der Waals surface area contributed by atoms with Gasteiger partial charge in [0.25, 0.3) is 10.0 Å².